The van der Waals surface area contributed by atoms with E-state index in [1.54, 1.807) is 0 Å². The second kappa shape index (κ2) is 4.82. The van der Waals surface area contributed by atoms with Gasteiger partial charge in [0.2, 0.25) is 5.96 Å². The summed E-state index contributed by atoms with van der Waals surface area (Å²) in [5, 5.41) is 7.26. The second-order valence-electron chi connectivity index (χ2n) is 2.80. The molecule has 0 atom stereocenters. The number of rotatable bonds is 2. The van der Waals surface area contributed by atoms with Crippen LogP contribution in [0, 0.1) is 11.3 Å². The normalized spacial score (nSPS) is 9.67. The zero-order valence-corrected chi connectivity index (χ0v) is 7.97. The predicted molar refractivity (Wildman–Crippen MR) is 50.9 cm³/mol. The van der Waals surface area contributed by atoms with Crippen molar-refractivity contribution in [2.24, 2.45) is 22.4 Å². The molecule has 0 aliphatic rings. The molecule has 0 aliphatic carbocycles. The van der Waals surface area contributed by atoms with Crippen LogP contribution in [0.15, 0.2) is 4.99 Å². The zero-order valence-electron chi connectivity index (χ0n) is 7.21. The number of halogens is 1. The van der Waals surface area contributed by atoms with Gasteiger partial charge in [-0.25, -0.2) is 0 Å². The molecule has 0 amide bonds. The number of nitrogens with zero attached hydrogens (tertiary/aromatic N) is 2. The highest BCUT2D eigenvalue weighted by atomic mass is 35.5. The molecule has 0 saturated carbocycles. The maximum atomic E-state index is 7.26. The van der Waals surface area contributed by atoms with E-state index in [1.807, 2.05) is 13.8 Å². The van der Waals surface area contributed by atoms with Gasteiger partial charge in [-0.1, -0.05) is 13.8 Å². The Kier molecular flexibility index (Phi) is 4.43. The SMILES string of the molecule is CC(C)CN(Cl)C(=N)N=C(N)N. The standard InChI is InChI=1S/C6H14ClN5/c1-4(2)3-12(7)6(10)11-5(8)9/h4H,3H2,1-2H3,(H5,8,9,10,11). The molecule has 5 nitrogen and oxygen atoms in total. The molecule has 0 unspecified atom stereocenters. The molecular weight excluding hydrogens is 178 g/mol. The molecule has 0 saturated heterocycles. The summed E-state index contributed by atoms with van der Waals surface area (Å²) in [5.41, 5.74) is 10.1. The maximum Gasteiger partial charge on any atom is 0.235 e. The quantitative estimate of drug-likeness (QED) is 0.333. The van der Waals surface area contributed by atoms with Crippen molar-refractivity contribution in [3.05, 3.63) is 0 Å². The highest BCUT2D eigenvalue weighted by Crippen LogP contribution is 2.02. The Morgan fingerprint density at radius 1 is 1.58 bits per heavy atom. The lowest BCUT2D eigenvalue weighted by atomic mass is 10.2. The Morgan fingerprint density at radius 3 is 2.42 bits per heavy atom. The molecule has 0 aliphatic heterocycles. The number of hydrogen-bond donors (Lipinski definition) is 3. The topological polar surface area (TPSA) is 91.5 Å². The molecule has 5 N–H and O–H groups in total. The summed E-state index contributed by atoms with van der Waals surface area (Å²) < 4.78 is 1.17. The van der Waals surface area contributed by atoms with E-state index in [0.717, 1.165) is 0 Å². The molecule has 70 valence electrons. The van der Waals surface area contributed by atoms with Gasteiger partial charge in [-0.3, -0.25) is 9.83 Å². The number of aliphatic imine (C=N–C) groups is 1. The third-order valence-corrected chi connectivity index (χ3v) is 1.29. The van der Waals surface area contributed by atoms with Crippen molar-refractivity contribution < 1.29 is 0 Å². The fraction of sp³-hybridized carbons (Fsp3) is 0.667. The van der Waals surface area contributed by atoms with E-state index in [0.29, 0.717) is 12.5 Å². The van der Waals surface area contributed by atoms with Crippen LogP contribution in [-0.4, -0.2) is 22.9 Å². The van der Waals surface area contributed by atoms with Crippen LogP contribution in [0.25, 0.3) is 0 Å². The van der Waals surface area contributed by atoms with Crippen LogP contribution < -0.4 is 11.5 Å². The minimum Gasteiger partial charge on any atom is -0.370 e. The van der Waals surface area contributed by atoms with E-state index in [4.69, 9.17) is 28.7 Å². The third-order valence-electron chi connectivity index (χ3n) is 0.990. The first kappa shape index (κ1) is 11.0. The van der Waals surface area contributed by atoms with Gasteiger partial charge in [-0.15, -0.1) is 0 Å². The first-order valence-corrected chi connectivity index (χ1v) is 3.88. The molecule has 0 aromatic rings. The average molecular weight is 192 g/mol. The Hall–Kier alpha value is -0.970. The average Bonchev–Trinajstić information content (AvgIpc) is 1.84. The van der Waals surface area contributed by atoms with Crippen molar-refractivity contribution in [2.45, 2.75) is 13.8 Å². The minimum atomic E-state index is -0.158. The highest BCUT2D eigenvalue weighted by molar-refractivity contribution is 6.22. The lowest BCUT2D eigenvalue weighted by molar-refractivity contribution is 0.509. The Morgan fingerprint density at radius 2 is 2.08 bits per heavy atom. The van der Waals surface area contributed by atoms with Gasteiger partial charge in [0, 0.05) is 18.3 Å². The van der Waals surface area contributed by atoms with E-state index < -0.39 is 0 Å². The molecule has 6 heteroatoms. The van der Waals surface area contributed by atoms with E-state index in [9.17, 15) is 0 Å². The van der Waals surface area contributed by atoms with Crippen LogP contribution in [0.4, 0.5) is 0 Å². The fourth-order valence-electron chi connectivity index (χ4n) is 0.584. The van der Waals surface area contributed by atoms with Gasteiger partial charge in [0.25, 0.3) is 0 Å². The number of guanidine groups is 2. The number of hydrogen-bond acceptors (Lipinski definition) is 1. The largest absolute Gasteiger partial charge is 0.370 e. The first-order valence-electron chi connectivity index (χ1n) is 3.55. The van der Waals surface area contributed by atoms with Gasteiger partial charge < -0.3 is 11.5 Å². The third kappa shape index (κ3) is 4.79. The minimum absolute atomic E-state index is 0.134. The molecule has 0 radical (unpaired) electrons. The molecule has 0 aromatic heterocycles. The van der Waals surface area contributed by atoms with Crippen LogP contribution in [0.3, 0.4) is 0 Å². The molecule has 0 rings (SSSR count). The smallest absolute Gasteiger partial charge is 0.235 e. The van der Waals surface area contributed by atoms with Crippen LogP contribution in [0.5, 0.6) is 0 Å². The summed E-state index contributed by atoms with van der Waals surface area (Å²) >= 11 is 5.66. The lowest BCUT2D eigenvalue weighted by Gasteiger charge is -2.15. The van der Waals surface area contributed by atoms with Gasteiger partial charge in [-0.2, -0.15) is 4.99 Å². The summed E-state index contributed by atoms with van der Waals surface area (Å²) in [6.07, 6.45) is 0. The second-order valence-corrected chi connectivity index (χ2v) is 3.21. The van der Waals surface area contributed by atoms with Gasteiger partial charge in [0.05, 0.1) is 0 Å². The fourth-order valence-corrected chi connectivity index (χ4v) is 0.897. The van der Waals surface area contributed by atoms with Crippen LogP contribution in [0.1, 0.15) is 13.8 Å². The Bertz CT molecular complexity index is 184. The van der Waals surface area contributed by atoms with Crippen molar-refractivity contribution in [1.29, 1.82) is 5.41 Å². The molecule has 0 heterocycles. The molecule has 0 fully saturated rings. The molecule has 0 bridgehead atoms. The van der Waals surface area contributed by atoms with E-state index >= 15 is 0 Å². The van der Waals surface area contributed by atoms with Crippen molar-refractivity contribution in [3.8, 4) is 0 Å². The highest BCUT2D eigenvalue weighted by Gasteiger charge is 2.07. The van der Waals surface area contributed by atoms with Crippen LogP contribution >= 0.6 is 11.8 Å². The molecule has 12 heavy (non-hydrogen) atoms. The molecule has 0 aromatic carbocycles. The van der Waals surface area contributed by atoms with Gasteiger partial charge in [0.1, 0.15) is 0 Å². The molecular formula is C6H14ClN5. The summed E-state index contributed by atoms with van der Waals surface area (Å²) in [7, 11) is 0. The predicted octanol–water partition coefficient (Wildman–Crippen LogP) is 0.306. The monoisotopic (exact) mass is 191 g/mol. The van der Waals surface area contributed by atoms with Gasteiger partial charge in [0.15, 0.2) is 5.96 Å². The Balaban J connectivity index is 4.02. The summed E-state index contributed by atoms with van der Waals surface area (Å²) in [5.74, 6) is 0.0665. The Labute approximate surface area is 77.0 Å². The molecule has 0 spiro atoms. The zero-order chi connectivity index (χ0) is 9.72. The summed E-state index contributed by atoms with van der Waals surface area (Å²) in [6.45, 7) is 4.51. The summed E-state index contributed by atoms with van der Waals surface area (Å²) in [4.78, 5) is 3.48. The van der Waals surface area contributed by atoms with Gasteiger partial charge in [-0.05, 0) is 5.92 Å². The van der Waals surface area contributed by atoms with Crippen LogP contribution in [0.2, 0.25) is 0 Å². The lowest BCUT2D eigenvalue weighted by Crippen LogP contribution is -2.29. The maximum absolute atomic E-state index is 7.26. The van der Waals surface area contributed by atoms with Crippen LogP contribution in [-0.2, 0) is 0 Å². The van der Waals surface area contributed by atoms with Crippen molar-refractivity contribution in [2.75, 3.05) is 6.54 Å². The number of nitrogens with one attached hydrogen (secondary N) is 1. The van der Waals surface area contributed by atoms with Crippen molar-refractivity contribution in [3.63, 3.8) is 0 Å². The van der Waals surface area contributed by atoms with Crippen molar-refractivity contribution in [1.82, 2.24) is 4.42 Å². The van der Waals surface area contributed by atoms with E-state index in [1.165, 1.54) is 4.42 Å². The first-order chi connectivity index (χ1) is 5.43. The van der Waals surface area contributed by atoms with Gasteiger partial charge >= 0.3 is 0 Å². The number of nitrogens with two attached hydrogens (primary N) is 2. The van der Waals surface area contributed by atoms with Crippen molar-refractivity contribution >= 4 is 23.7 Å². The summed E-state index contributed by atoms with van der Waals surface area (Å²) in [6, 6.07) is 0. The van der Waals surface area contributed by atoms with E-state index in [2.05, 4.69) is 4.99 Å². The van der Waals surface area contributed by atoms with E-state index in [-0.39, 0.29) is 11.9 Å².